The number of likely N-dealkylation sites (tertiary alicyclic amines) is 2. The van der Waals surface area contributed by atoms with Gasteiger partial charge in [0.1, 0.15) is 0 Å². The van der Waals surface area contributed by atoms with Crippen molar-refractivity contribution in [2.75, 3.05) is 26.2 Å². The first-order valence-electron chi connectivity index (χ1n) is 8.08. The summed E-state index contributed by atoms with van der Waals surface area (Å²) < 4.78 is 0. The molecule has 0 radical (unpaired) electrons. The minimum absolute atomic E-state index is 0.740. The Balaban J connectivity index is 1.65. The third-order valence-electron chi connectivity index (χ3n) is 5.22. The lowest BCUT2D eigenvalue weighted by molar-refractivity contribution is -0.00356. The maximum Gasteiger partial charge on any atom is 0.0350 e. The molecule has 0 spiro atoms. The van der Waals surface area contributed by atoms with Crippen LogP contribution in [0.2, 0.25) is 0 Å². The molecule has 0 N–H and O–H groups in total. The van der Waals surface area contributed by atoms with Gasteiger partial charge in [-0.1, -0.05) is 20.3 Å². The van der Waals surface area contributed by atoms with Crippen molar-refractivity contribution >= 4 is 0 Å². The van der Waals surface area contributed by atoms with E-state index in [-0.39, 0.29) is 0 Å². The largest absolute Gasteiger partial charge is 0.298 e. The third-order valence-corrected chi connectivity index (χ3v) is 5.22. The van der Waals surface area contributed by atoms with E-state index in [0.717, 1.165) is 23.9 Å². The van der Waals surface area contributed by atoms with E-state index >= 15 is 0 Å². The molecule has 2 rings (SSSR count). The topological polar surface area (TPSA) is 6.48 Å². The van der Waals surface area contributed by atoms with Crippen LogP contribution in [-0.2, 0) is 0 Å². The van der Waals surface area contributed by atoms with Crippen molar-refractivity contribution in [1.29, 1.82) is 0 Å². The Kier molecular flexibility index (Phi) is 5.08. The van der Waals surface area contributed by atoms with Crippen molar-refractivity contribution in [2.24, 2.45) is 11.8 Å². The van der Waals surface area contributed by atoms with Crippen LogP contribution in [0.4, 0.5) is 0 Å². The van der Waals surface area contributed by atoms with E-state index in [2.05, 4.69) is 37.5 Å². The minimum atomic E-state index is 0.740. The molecular formula is C16H32N2. The zero-order chi connectivity index (χ0) is 13.1. The molecule has 0 amide bonds. The summed E-state index contributed by atoms with van der Waals surface area (Å²) in [5.74, 6) is 1.94. The van der Waals surface area contributed by atoms with Crippen molar-refractivity contribution in [3.05, 3.63) is 0 Å². The van der Waals surface area contributed by atoms with Crippen molar-refractivity contribution in [3.63, 3.8) is 0 Å². The Labute approximate surface area is 114 Å². The van der Waals surface area contributed by atoms with Crippen LogP contribution in [0.5, 0.6) is 0 Å². The second-order valence-electron chi connectivity index (χ2n) is 6.93. The normalized spacial score (nSPS) is 26.5. The minimum Gasteiger partial charge on any atom is -0.298 e. The van der Waals surface area contributed by atoms with Crippen LogP contribution in [0.3, 0.4) is 0 Å². The summed E-state index contributed by atoms with van der Waals surface area (Å²) in [5.41, 5.74) is 0. The van der Waals surface area contributed by atoms with Gasteiger partial charge in [-0.2, -0.15) is 0 Å². The summed E-state index contributed by atoms with van der Waals surface area (Å²) >= 11 is 0. The molecule has 0 aromatic rings. The molecule has 0 saturated carbocycles. The van der Waals surface area contributed by atoms with E-state index in [1.807, 2.05) is 0 Å². The summed E-state index contributed by atoms with van der Waals surface area (Å²) in [4.78, 5) is 5.35. The highest BCUT2D eigenvalue weighted by molar-refractivity contribution is 4.91. The molecule has 0 aliphatic carbocycles. The van der Waals surface area contributed by atoms with Gasteiger partial charge < -0.3 is 0 Å². The predicted octanol–water partition coefficient (Wildman–Crippen LogP) is 3.23. The highest BCUT2D eigenvalue weighted by atomic mass is 15.3. The Morgan fingerprint density at radius 1 is 1.06 bits per heavy atom. The van der Waals surface area contributed by atoms with E-state index in [1.165, 1.54) is 51.9 Å². The van der Waals surface area contributed by atoms with Gasteiger partial charge in [-0.05, 0) is 58.0 Å². The van der Waals surface area contributed by atoms with Crippen LogP contribution < -0.4 is 0 Å². The monoisotopic (exact) mass is 252 g/mol. The fourth-order valence-corrected chi connectivity index (χ4v) is 3.43. The van der Waals surface area contributed by atoms with Crippen LogP contribution in [-0.4, -0.2) is 48.1 Å². The maximum atomic E-state index is 2.76. The quantitative estimate of drug-likeness (QED) is 0.741. The average molecular weight is 252 g/mol. The molecule has 2 fully saturated rings. The summed E-state index contributed by atoms with van der Waals surface area (Å²) in [7, 11) is 0. The molecule has 2 nitrogen and oxygen atoms in total. The van der Waals surface area contributed by atoms with E-state index in [1.54, 1.807) is 0 Å². The van der Waals surface area contributed by atoms with Gasteiger partial charge in [0, 0.05) is 25.2 Å². The summed E-state index contributed by atoms with van der Waals surface area (Å²) in [6.45, 7) is 14.7. The summed E-state index contributed by atoms with van der Waals surface area (Å²) in [5, 5.41) is 0. The second kappa shape index (κ2) is 6.38. The van der Waals surface area contributed by atoms with E-state index in [4.69, 9.17) is 0 Å². The molecule has 1 unspecified atom stereocenters. The number of hydrogen-bond acceptors (Lipinski definition) is 2. The molecule has 2 saturated heterocycles. The van der Waals surface area contributed by atoms with E-state index < -0.39 is 0 Å². The SMILES string of the molecule is CCC(C)CC1CCN(C2CN(C(C)C)C2)CC1. The molecule has 2 aliphatic heterocycles. The molecule has 1 atom stereocenters. The van der Waals surface area contributed by atoms with Crippen molar-refractivity contribution in [3.8, 4) is 0 Å². The lowest BCUT2D eigenvalue weighted by Gasteiger charge is -2.49. The first-order valence-corrected chi connectivity index (χ1v) is 8.08. The standard InChI is InChI=1S/C16H32N2/c1-5-14(4)10-15-6-8-17(9-7-15)16-11-18(12-16)13(2)3/h13-16H,5-12H2,1-4H3. The average Bonchev–Trinajstić information content (AvgIpc) is 2.28. The number of piperidine rings is 1. The highest BCUT2D eigenvalue weighted by Crippen LogP contribution is 2.28. The van der Waals surface area contributed by atoms with Crippen molar-refractivity contribution in [1.82, 2.24) is 9.80 Å². The first kappa shape index (κ1) is 14.3. The second-order valence-corrected chi connectivity index (χ2v) is 6.93. The van der Waals surface area contributed by atoms with Crippen LogP contribution in [0.25, 0.3) is 0 Å². The van der Waals surface area contributed by atoms with Crippen LogP contribution >= 0.6 is 0 Å². The van der Waals surface area contributed by atoms with Gasteiger partial charge in [0.25, 0.3) is 0 Å². The molecular weight excluding hydrogens is 220 g/mol. The molecule has 2 aliphatic rings. The van der Waals surface area contributed by atoms with Crippen molar-refractivity contribution in [2.45, 2.75) is 65.5 Å². The number of nitrogens with zero attached hydrogens (tertiary/aromatic N) is 2. The van der Waals surface area contributed by atoms with Gasteiger partial charge in [0.05, 0.1) is 0 Å². The molecule has 0 bridgehead atoms. The van der Waals surface area contributed by atoms with E-state index in [9.17, 15) is 0 Å². The molecule has 0 aromatic heterocycles. The Bertz CT molecular complexity index is 237. The molecule has 2 heteroatoms. The number of rotatable bonds is 5. The maximum absolute atomic E-state index is 2.76. The Morgan fingerprint density at radius 3 is 2.17 bits per heavy atom. The van der Waals surface area contributed by atoms with Gasteiger partial charge in [-0.15, -0.1) is 0 Å². The van der Waals surface area contributed by atoms with E-state index in [0.29, 0.717) is 0 Å². The fraction of sp³-hybridized carbons (Fsp3) is 1.00. The van der Waals surface area contributed by atoms with Crippen LogP contribution in [0, 0.1) is 11.8 Å². The van der Waals surface area contributed by atoms with Crippen LogP contribution in [0.1, 0.15) is 53.4 Å². The molecule has 106 valence electrons. The predicted molar refractivity (Wildman–Crippen MR) is 78.9 cm³/mol. The lowest BCUT2D eigenvalue weighted by Crippen LogP contribution is -2.62. The Morgan fingerprint density at radius 2 is 1.67 bits per heavy atom. The van der Waals surface area contributed by atoms with Crippen LogP contribution in [0.15, 0.2) is 0 Å². The summed E-state index contributed by atoms with van der Waals surface area (Å²) in [6, 6.07) is 1.61. The first-order chi connectivity index (χ1) is 8.60. The molecule has 2 heterocycles. The Hall–Kier alpha value is -0.0800. The van der Waals surface area contributed by atoms with Gasteiger partial charge in [-0.25, -0.2) is 0 Å². The van der Waals surface area contributed by atoms with Gasteiger partial charge in [0.2, 0.25) is 0 Å². The third kappa shape index (κ3) is 3.48. The lowest BCUT2D eigenvalue weighted by atomic mass is 9.86. The van der Waals surface area contributed by atoms with Gasteiger partial charge in [0.15, 0.2) is 0 Å². The smallest absolute Gasteiger partial charge is 0.0350 e. The molecule has 18 heavy (non-hydrogen) atoms. The van der Waals surface area contributed by atoms with Gasteiger partial charge in [-0.3, -0.25) is 9.80 Å². The number of hydrogen-bond donors (Lipinski definition) is 0. The zero-order valence-electron chi connectivity index (χ0n) is 12.9. The molecule has 0 aromatic carbocycles. The van der Waals surface area contributed by atoms with Crippen molar-refractivity contribution < 1.29 is 0 Å². The van der Waals surface area contributed by atoms with Gasteiger partial charge >= 0.3 is 0 Å². The highest BCUT2D eigenvalue weighted by Gasteiger charge is 2.34. The summed E-state index contributed by atoms with van der Waals surface area (Å²) in [6.07, 6.45) is 5.71. The fourth-order valence-electron chi connectivity index (χ4n) is 3.43. The zero-order valence-corrected chi connectivity index (χ0v) is 12.9.